The lowest BCUT2D eigenvalue weighted by atomic mass is 10.2. The SMILES string of the molecule is Cc1cc(F)ccc1NC(=O)NC(=O)COCC(=O)O. The molecule has 3 amide bonds. The number of aliphatic carboxylic acids is 1. The lowest BCUT2D eigenvalue weighted by molar-refractivity contribution is -0.143. The zero-order chi connectivity index (χ0) is 15.1. The first kappa shape index (κ1) is 15.6. The minimum atomic E-state index is -1.22. The van der Waals surface area contributed by atoms with Crippen molar-refractivity contribution in [1.29, 1.82) is 0 Å². The molecule has 8 heteroatoms. The normalized spacial score (nSPS) is 9.90. The van der Waals surface area contributed by atoms with E-state index in [1.807, 2.05) is 5.32 Å². The second kappa shape index (κ2) is 7.19. The van der Waals surface area contributed by atoms with E-state index in [0.29, 0.717) is 11.3 Å². The van der Waals surface area contributed by atoms with Crippen molar-refractivity contribution in [1.82, 2.24) is 5.32 Å². The molecule has 3 N–H and O–H groups in total. The maximum absolute atomic E-state index is 12.9. The number of imide groups is 1. The lowest BCUT2D eigenvalue weighted by Gasteiger charge is -2.09. The fourth-order valence-electron chi connectivity index (χ4n) is 1.31. The molecule has 0 heterocycles. The molecule has 20 heavy (non-hydrogen) atoms. The van der Waals surface area contributed by atoms with Crippen LogP contribution >= 0.6 is 0 Å². The molecule has 0 aromatic heterocycles. The number of anilines is 1. The van der Waals surface area contributed by atoms with Gasteiger partial charge in [-0.3, -0.25) is 10.1 Å². The van der Waals surface area contributed by atoms with Crippen molar-refractivity contribution in [2.75, 3.05) is 18.5 Å². The van der Waals surface area contributed by atoms with Gasteiger partial charge < -0.3 is 15.2 Å². The molecule has 0 fully saturated rings. The summed E-state index contributed by atoms with van der Waals surface area (Å²) in [5.74, 6) is -2.45. The number of ether oxygens (including phenoxy) is 1. The van der Waals surface area contributed by atoms with Crippen LogP contribution in [0.3, 0.4) is 0 Å². The van der Waals surface area contributed by atoms with Gasteiger partial charge in [-0.1, -0.05) is 0 Å². The smallest absolute Gasteiger partial charge is 0.329 e. The number of carboxylic acids is 1. The van der Waals surface area contributed by atoms with Crippen LogP contribution in [0.25, 0.3) is 0 Å². The van der Waals surface area contributed by atoms with E-state index in [-0.39, 0.29) is 0 Å². The fourth-order valence-corrected chi connectivity index (χ4v) is 1.31. The van der Waals surface area contributed by atoms with E-state index in [1.165, 1.54) is 18.2 Å². The van der Waals surface area contributed by atoms with Crippen molar-refractivity contribution in [3.05, 3.63) is 29.6 Å². The third-order valence-electron chi connectivity index (χ3n) is 2.15. The van der Waals surface area contributed by atoms with E-state index < -0.39 is 36.9 Å². The van der Waals surface area contributed by atoms with Gasteiger partial charge >= 0.3 is 12.0 Å². The summed E-state index contributed by atoms with van der Waals surface area (Å²) >= 11 is 0. The Morgan fingerprint density at radius 3 is 2.60 bits per heavy atom. The second-order valence-electron chi connectivity index (χ2n) is 3.85. The van der Waals surface area contributed by atoms with Gasteiger partial charge in [0, 0.05) is 5.69 Å². The van der Waals surface area contributed by atoms with E-state index in [1.54, 1.807) is 6.92 Å². The molecule has 0 aliphatic rings. The standard InChI is InChI=1S/C12H13FN2O5/c1-7-4-8(13)2-3-9(7)14-12(19)15-10(16)5-20-6-11(17)18/h2-4H,5-6H2,1H3,(H,17,18)(H2,14,15,16,19). The van der Waals surface area contributed by atoms with Crippen LogP contribution in [0.2, 0.25) is 0 Å². The zero-order valence-corrected chi connectivity index (χ0v) is 10.6. The number of carbonyl (C=O) groups excluding carboxylic acids is 2. The first-order valence-corrected chi connectivity index (χ1v) is 5.55. The summed E-state index contributed by atoms with van der Waals surface area (Å²) in [7, 11) is 0. The molecule has 108 valence electrons. The zero-order valence-electron chi connectivity index (χ0n) is 10.6. The van der Waals surface area contributed by atoms with Crippen molar-refractivity contribution < 1.29 is 28.6 Å². The maximum atomic E-state index is 12.9. The van der Waals surface area contributed by atoms with Crippen LogP contribution in [0.1, 0.15) is 5.56 Å². The van der Waals surface area contributed by atoms with Crippen molar-refractivity contribution in [2.24, 2.45) is 0 Å². The molecule has 0 saturated heterocycles. The van der Waals surface area contributed by atoms with Gasteiger partial charge in [0.15, 0.2) is 0 Å². The molecule has 0 aliphatic heterocycles. The lowest BCUT2D eigenvalue weighted by Crippen LogP contribution is -2.37. The summed E-state index contributed by atoms with van der Waals surface area (Å²) in [4.78, 5) is 32.8. The molecule has 0 atom stereocenters. The van der Waals surface area contributed by atoms with Crippen LogP contribution in [-0.2, 0) is 14.3 Å². The quantitative estimate of drug-likeness (QED) is 0.744. The van der Waals surface area contributed by atoms with Gasteiger partial charge in [0.1, 0.15) is 19.0 Å². The molecular formula is C12H13FN2O5. The molecule has 7 nitrogen and oxygen atoms in total. The Morgan fingerprint density at radius 1 is 1.30 bits per heavy atom. The van der Waals surface area contributed by atoms with Crippen molar-refractivity contribution >= 4 is 23.6 Å². The minimum absolute atomic E-state index is 0.350. The molecule has 0 radical (unpaired) electrons. The van der Waals surface area contributed by atoms with Crippen LogP contribution in [0.5, 0.6) is 0 Å². The molecule has 1 aromatic carbocycles. The number of hydrogen-bond donors (Lipinski definition) is 3. The summed E-state index contributed by atoms with van der Waals surface area (Å²) in [5.41, 5.74) is 0.845. The average molecular weight is 284 g/mol. The molecule has 0 spiro atoms. The van der Waals surface area contributed by atoms with Gasteiger partial charge in [-0.05, 0) is 30.7 Å². The highest BCUT2D eigenvalue weighted by Gasteiger charge is 2.10. The number of rotatable bonds is 5. The predicted molar refractivity (Wildman–Crippen MR) is 66.8 cm³/mol. The number of aryl methyl sites for hydroxylation is 1. The van der Waals surface area contributed by atoms with Crippen molar-refractivity contribution in [3.63, 3.8) is 0 Å². The van der Waals surface area contributed by atoms with Gasteiger partial charge in [-0.15, -0.1) is 0 Å². The van der Waals surface area contributed by atoms with Crippen LogP contribution < -0.4 is 10.6 Å². The van der Waals surface area contributed by atoms with Gasteiger partial charge in [0.2, 0.25) is 0 Å². The Hall–Kier alpha value is -2.48. The first-order chi connectivity index (χ1) is 9.38. The Labute approximate surface area is 113 Å². The Morgan fingerprint density at radius 2 is 2.00 bits per heavy atom. The summed E-state index contributed by atoms with van der Waals surface area (Å²) in [6, 6.07) is 2.94. The Balaban J connectivity index is 2.43. The molecule has 0 aliphatic carbocycles. The molecule has 0 bridgehead atoms. The molecule has 0 saturated carbocycles. The Kier molecular flexibility index (Phi) is 5.60. The largest absolute Gasteiger partial charge is 0.480 e. The highest BCUT2D eigenvalue weighted by Crippen LogP contribution is 2.15. The predicted octanol–water partition coefficient (Wildman–Crippen LogP) is 0.883. The number of amides is 3. The molecular weight excluding hydrogens is 271 g/mol. The third-order valence-corrected chi connectivity index (χ3v) is 2.15. The van der Waals surface area contributed by atoms with E-state index in [4.69, 9.17) is 5.11 Å². The van der Waals surface area contributed by atoms with Gasteiger partial charge in [-0.2, -0.15) is 0 Å². The van der Waals surface area contributed by atoms with Crippen molar-refractivity contribution in [2.45, 2.75) is 6.92 Å². The van der Waals surface area contributed by atoms with E-state index in [0.717, 1.165) is 0 Å². The summed E-state index contributed by atoms with van der Waals surface area (Å²) in [6.07, 6.45) is 0. The first-order valence-electron chi connectivity index (χ1n) is 5.55. The number of nitrogens with one attached hydrogen (secondary N) is 2. The summed E-state index contributed by atoms with van der Waals surface area (Å²) < 4.78 is 17.4. The monoisotopic (exact) mass is 284 g/mol. The van der Waals surface area contributed by atoms with Gasteiger partial charge in [0.25, 0.3) is 5.91 Å². The number of benzene rings is 1. The minimum Gasteiger partial charge on any atom is -0.480 e. The van der Waals surface area contributed by atoms with Crippen molar-refractivity contribution in [3.8, 4) is 0 Å². The number of carbonyl (C=O) groups is 3. The summed E-state index contributed by atoms with van der Waals surface area (Å²) in [5, 5.41) is 12.6. The highest BCUT2D eigenvalue weighted by molar-refractivity contribution is 6.01. The number of hydrogen-bond acceptors (Lipinski definition) is 4. The van der Waals surface area contributed by atoms with Crippen LogP contribution in [0.15, 0.2) is 18.2 Å². The topological polar surface area (TPSA) is 105 Å². The molecule has 1 aromatic rings. The number of carboxylic acid groups (broad SMARTS) is 1. The van der Waals surface area contributed by atoms with Crippen LogP contribution in [0, 0.1) is 12.7 Å². The fraction of sp³-hybridized carbons (Fsp3) is 0.250. The van der Waals surface area contributed by atoms with E-state index in [2.05, 4.69) is 10.1 Å². The van der Waals surface area contributed by atoms with E-state index >= 15 is 0 Å². The number of urea groups is 1. The maximum Gasteiger partial charge on any atom is 0.329 e. The van der Waals surface area contributed by atoms with Crippen LogP contribution in [0.4, 0.5) is 14.9 Å². The summed E-state index contributed by atoms with van der Waals surface area (Å²) in [6.45, 7) is 0.407. The Bertz CT molecular complexity index is 533. The van der Waals surface area contributed by atoms with Gasteiger partial charge in [-0.25, -0.2) is 14.0 Å². The van der Waals surface area contributed by atoms with Crippen LogP contribution in [-0.4, -0.2) is 36.2 Å². The molecule has 1 rings (SSSR count). The average Bonchev–Trinajstić information content (AvgIpc) is 2.32. The van der Waals surface area contributed by atoms with Gasteiger partial charge in [0.05, 0.1) is 0 Å². The van der Waals surface area contributed by atoms with E-state index in [9.17, 15) is 18.8 Å². The number of halogens is 1. The highest BCUT2D eigenvalue weighted by atomic mass is 19.1. The second-order valence-corrected chi connectivity index (χ2v) is 3.85. The molecule has 0 unspecified atom stereocenters. The third kappa shape index (κ3) is 5.44.